The maximum Gasteiger partial charge on any atom is 0.407 e. The zero-order valence-corrected chi connectivity index (χ0v) is 24.6. The van der Waals surface area contributed by atoms with Crippen molar-refractivity contribution in [1.29, 1.82) is 0 Å². The molecule has 1 aliphatic carbocycles. The van der Waals surface area contributed by atoms with Gasteiger partial charge in [0.1, 0.15) is 17.0 Å². The van der Waals surface area contributed by atoms with E-state index in [4.69, 9.17) is 0 Å². The molecule has 3 aliphatic rings. The molecule has 2 saturated heterocycles. The first-order chi connectivity index (χ1) is 21.9. The third-order valence-electron chi connectivity index (χ3n) is 9.36. The van der Waals surface area contributed by atoms with E-state index in [1.54, 1.807) is 0 Å². The summed E-state index contributed by atoms with van der Waals surface area (Å²) in [4.78, 5) is 46.8. The van der Waals surface area contributed by atoms with Crippen LogP contribution >= 0.6 is 0 Å². The molecular weight excluding hydrogens is 647 g/mol. The number of aromatic nitrogens is 4. The van der Waals surface area contributed by atoms with Crippen LogP contribution in [-0.4, -0.2) is 97.0 Å². The number of H-pyrrole nitrogens is 1. The van der Waals surface area contributed by atoms with E-state index in [2.05, 4.69) is 30.2 Å². The van der Waals surface area contributed by atoms with Gasteiger partial charge in [0.15, 0.2) is 11.5 Å². The normalized spacial score (nSPS) is 24.5. The molecule has 2 aromatic heterocycles. The van der Waals surface area contributed by atoms with Crippen LogP contribution in [0.1, 0.15) is 65.7 Å². The van der Waals surface area contributed by atoms with Crippen LogP contribution in [0.2, 0.25) is 0 Å². The first-order valence-electron chi connectivity index (χ1n) is 14.6. The fourth-order valence-corrected chi connectivity index (χ4v) is 6.73. The highest BCUT2D eigenvalue weighted by molar-refractivity contribution is 5.94. The van der Waals surface area contributed by atoms with Gasteiger partial charge in [-0.05, 0) is 43.3 Å². The van der Waals surface area contributed by atoms with Crippen LogP contribution < -0.4 is 5.32 Å². The van der Waals surface area contributed by atoms with Crippen LogP contribution in [0.25, 0.3) is 11.0 Å². The van der Waals surface area contributed by atoms with E-state index >= 15 is 4.39 Å². The predicted molar refractivity (Wildman–Crippen MR) is 145 cm³/mol. The number of nitrogens with one attached hydrogen (secondary N) is 2. The molecule has 6 rings (SSSR count). The number of carboxylic acid groups (broad SMARTS) is 1. The predicted octanol–water partition coefficient (Wildman–Crippen LogP) is 4.42. The Hall–Kier alpha value is -4.45. The summed E-state index contributed by atoms with van der Waals surface area (Å²) < 4.78 is 105. The van der Waals surface area contributed by atoms with Gasteiger partial charge in [0.25, 0.3) is 5.91 Å². The van der Waals surface area contributed by atoms with E-state index in [1.807, 2.05) is 0 Å². The Morgan fingerprint density at radius 3 is 2.23 bits per heavy atom. The van der Waals surface area contributed by atoms with Crippen LogP contribution in [0.5, 0.6) is 0 Å². The Balaban J connectivity index is 1.40. The number of benzene rings is 1. The van der Waals surface area contributed by atoms with E-state index in [1.165, 1.54) is 13.0 Å². The van der Waals surface area contributed by atoms with Crippen LogP contribution in [0.3, 0.4) is 0 Å². The first kappa shape index (κ1) is 32.5. The van der Waals surface area contributed by atoms with Crippen molar-refractivity contribution in [1.82, 2.24) is 35.4 Å². The zero-order valence-electron chi connectivity index (χ0n) is 24.6. The molecule has 254 valence electrons. The van der Waals surface area contributed by atoms with E-state index < -0.39 is 109 Å². The van der Waals surface area contributed by atoms with Crippen LogP contribution in [0.4, 0.5) is 35.5 Å². The third kappa shape index (κ3) is 5.52. The molecule has 1 saturated carbocycles. The van der Waals surface area contributed by atoms with Gasteiger partial charge >= 0.3 is 17.9 Å². The maximum absolute atomic E-state index is 16.5. The SMILES string of the molecule is Cc1nonc1C(=O)NC(c1nc2c(F)c([C@@]3(C(=O)N4CC(F)(F)C(F)(F)C4)CCN(C(=O)O)C3)ccc2[nH]1)C1CCC(F)(F)CC1. The number of aromatic amines is 1. The Morgan fingerprint density at radius 2 is 1.66 bits per heavy atom. The molecule has 0 bridgehead atoms. The minimum Gasteiger partial charge on any atom is -0.465 e. The lowest BCUT2D eigenvalue weighted by molar-refractivity contribution is -0.172. The number of carbonyl (C=O) groups is 3. The van der Waals surface area contributed by atoms with Crippen molar-refractivity contribution >= 4 is 28.9 Å². The van der Waals surface area contributed by atoms with Gasteiger partial charge in [-0.1, -0.05) is 11.2 Å². The quantitative estimate of drug-likeness (QED) is 0.324. The molecule has 1 unspecified atom stereocenters. The van der Waals surface area contributed by atoms with Crippen LogP contribution in [-0.2, 0) is 10.2 Å². The van der Waals surface area contributed by atoms with Gasteiger partial charge in [-0.3, -0.25) is 9.59 Å². The monoisotopic (exact) mass is 675 g/mol. The summed E-state index contributed by atoms with van der Waals surface area (Å²) in [6.07, 6.45) is -2.92. The van der Waals surface area contributed by atoms with Crippen LogP contribution in [0, 0.1) is 18.7 Å². The minimum absolute atomic E-state index is 0.0352. The molecule has 3 fully saturated rings. The number of alkyl halides is 6. The molecule has 4 heterocycles. The molecule has 3 N–H and O–H groups in total. The number of amides is 3. The van der Waals surface area contributed by atoms with Crippen molar-refractivity contribution in [2.45, 2.75) is 68.3 Å². The smallest absolute Gasteiger partial charge is 0.407 e. The Kier molecular flexibility index (Phi) is 7.65. The average molecular weight is 676 g/mol. The number of aryl methyl sites for hydroxylation is 1. The third-order valence-corrected chi connectivity index (χ3v) is 9.36. The topological polar surface area (TPSA) is 158 Å². The highest BCUT2D eigenvalue weighted by Gasteiger charge is 2.66. The summed E-state index contributed by atoms with van der Waals surface area (Å²) in [6.45, 7) is -2.86. The van der Waals surface area contributed by atoms with Gasteiger partial charge in [0.2, 0.25) is 11.8 Å². The summed E-state index contributed by atoms with van der Waals surface area (Å²) in [5.74, 6) is -15.9. The van der Waals surface area contributed by atoms with Gasteiger partial charge in [0, 0.05) is 31.5 Å². The molecule has 0 radical (unpaired) electrons. The lowest BCUT2D eigenvalue weighted by Gasteiger charge is -2.33. The molecule has 12 nitrogen and oxygen atoms in total. The van der Waals surface area contributed by atoms with Crippen molar-refractivity contribution < 1.29 is 54.9 Å². The molecule has 47 heavy (non-hydrogen) atoms. The zero-order chi connectivity index (χ0) is 34.1. The fourth-order valence-electron chi connectivity index (χ4n) is 6.73. The largest absolute Gasteiger partial charge is 0.465 e. The van der Waals surface area contributed by atoms with Gasteiger partial charge in [-0.15, -0.1) is 0 Å². The lowest BCUT2D eigenvalue weighted by atomic mass is 9.77. The number of hydrogen-bond donors (Lipinski definition) is 3. The Labute approximate surface area is 260 Å². The van der Waals surface area contributed by atoms with E-state index in [9.17, 15) is 45.8 Å². The number of carbonyl (C=O) groups excluding carboxylic acids is 2. The number of rotatable bonds is 6. The highest BCUT2D eigenvalue weighted by atomic mass is 19.3. The van der Waals surface area contributed by atoms with E-state index in [0.29, 0.717) is 0 Å². The lowest BCUT2D eigenvalue weighted by Crippen LogP contribution is -2.49. The number of halogens is 7. The number of hydrogen-bond acceptors (Lipinski definition) is 7. The first-order valence-corrected chi connectivity index (χ1v) is 14.6. The second-order valence-corrected chi connectivity index (χ2v) is 12.4. The number of imidazole rings is 1. The summed E-state index contributed by atoms with van der Waals surface area (Å²) in [5.41, 5.74) is -2.98. The molecule has 2 atom stereocenters. The molecule has 3 amide bonds. The van der Waals surface area contributed by atoms with Gasteiger partial charge < -0.3 is 25.2 Å². The van der Waals surface area contributed by atoms with E-state index in [-0.39, 0.29) is 47.0 Å². The van der Waals surface area contributed by atoms with Gasteiger partial charge in [-0.25, -0.2) is 27.6 Å². The van der Waals surface area contributed by atoms with Crippen molar-refractivity contribution in [2.75, 3.05) is 26.2 Å². The molecular formula is C28H28F7N7O5. The molecule has 19 heteroatoms. The summed E-state index contributed by atoms with van der Waals surface area (Å²) in [7, 11) is 0. The highest BCUT2D eigenvalue weighted by Crippen LogP contribution is 2.46. The number of nitrogens with zero attached hydrogens (tertiary/aromatic N) is 5. The standard InChI is InChI=1S/C28H28F7N7O5/c1-13-18(40-47-39-13)22(43)38-19(14-4-6-26(30,31)7-5-14)21-36-16-3-2-15(17(29)20(16)37-21)25(8-9-41(10-25)24(45)46)23(44)42-11-27(32,33)28(34,35)12-42/h2-3,14,19H,4-12H2,1H3,(H,36,37)(H,38,43)(H,45,46)/t19?,25-/m1/s1. The van der Waals surface area contributed by atoms with Crippen molar-refractivity contribution in [3.05, 3.63) is 40.7 Å². The molecule has 1 aromatic carbocycles. The molecule has 2 aliphatic heterocycles. The second kappa shape index (κ2) is 11.1. The van der Waals surface area contributed by atoms with Gasteiger partial charge in [0.05, 0.1) is 30.1 Å². The Bertz CT molecular complexity index is 1720. The average Bonchev–Trinajstić information content (AvgIpc) is 3.77. The van der Waals surface area contributed by atoms with Gasteiger partial charge in [-0.2, -0.15) is 17.6 Å². The van der Waals surface area contributed by atoms with Crippen molar-refractivity contribution in [3.8, 4) is 0 Å². The number of fused-ring (bicyclic) bond motifs is 1. The summed E-state index contributed by atoms with van der Waals surface area (Å²) in [5, 5.41) is 19.4. The number of likely N-dealkylation sites (tertiary alicyclic amines) is 2. The Morgan fingerprint density at radius 1 is 1.00 bits per heavy atom. The second-order valence-electron chi connectivity index (χ2n) is 12.4. The summed E-state index contributed by atoms with van der Waals surface area (Å²) >= 11 is 0. The fraction of sp³-hybridized carbons (Fsp3) is 0.571. The van der Waals surface area contributed by atoms with Crippen LogP contribution in [0.15, 0.2) is 16.8 Å². The van der Waals surface area contributed by atoms with Crippen molar-refractivity contribution in [3.63, 3.8) is 0 Å². The molecule has 3 aromatic rings. The maximum atomic E-state index is 16.5. The van der Waals surface area contributed by atoms with E-state index in [0.717, 1.165) is 11.0 Å². The van der Waals surface area contributed by atoms with Crippen molar-refractivity contribution in [2.24, 2.45) is 5.92 Å². The summed E-state index contributed by atoms with van der Waals surface area (Å²) in [6, 6.07) is 1.34. The molecule has 0 spiro atoms. The minimum atomic E-state index is -4.56.